The summed E-state index contributed by atoms with van der Waals surface area (Å²) in [4.78, 5) is 25.6. The Morgan fingerprint density at radius 1 is 0.968 bits per heavy atom. The number of benzene rings is 3. The lowest BCUT2D eigenvalue weighted by atomic mass is 10.1. The quantitative estimate of drug-likeness (QED) is 0.268. The number of para-hydroxylation sites is 1. The highest BCUT2D eigenvalue weighted by Gasteiger charge is 2.23. The van der Waals surface area contributed by atoms with E-state index in [1.807, 2.05) is 0 Å². The molecular formula is C24H14Cl2FNO3. The lowest BCUT2D eigenvalue weighted by Crippen LogP contribution is -2.11. The summed E-state index contributed by atoms with van der Waals surface area (Å²) in [5.41, 5.74) is 1.52. The van der Waals surface area contributed by atoms with Crippen LogP contribution < -0.4 is 5.32 Å². The highest BCUT2D eigenvalue weighted by molar-refractivity contribution is 6.35. The topological polar surface area (TPSA) is 59.3 Å². The van der Waals surface area contributed by atoms with Crippen molar-refractivity contribution in [2.24, 2.45) is 0 Å². The van der Waals surface area contributed by atoms with Gasteiger partial charge in [0.05, 0.1) is 5.69 Å². The van der Waals surface area contributed by atoms with Crippen molar-refractivity contribution in [3.05, 3.63) is 106 Å². The Labute approximate surface area is 186 Å². The van der Waals surface area contributed by atoms with Crippen LogP contribution in [0.1, 0.15) is 21.7 Å². The first-order chi connectivity index (χ1) is 14.9. The first-order valence-corrected chi connectivity index (χ1v) is 9.94. The van der Waals surface area contributed by atoms with Crippen LogP contribution in [0.25, 0.3) is 17.0 Å². The van der Waals surface area contributed by atoms with Crippen molar-refractivity contribution < 1.29 is 18.4 Å². The maximum atomic E-state index is 13.2. The van der Waals surface area contributed by atoms with E-state index >= 15 is 0 Å². The van der Waals surface area contributed by atoms with Crippen LogP contribution in [0.15, 0.2) is 77.2 Å². The fourth-order valence-electron chi connectivity index (χ4n) is 3.03. The number of furan rings is 1. The van der Waals surface area contributed by atoms with Crippen LogP contribution in [0.5, 0.6) is 0 Å². The van der Waals surface area contributed by atoms with E-state index in [9.17, 15) is 14.0 Å². The van der Waals surface area contributed by atoms with Crippen LogP contribution in [0.3, 0.4) is 0 Å². The molecule has 0 fully saturated rings. The minimum atomic E-state index is -0.481. The van der Waals surface area contributed by atoms with Gasteiger partial charge in [0.1, 0.15) is 11.4 Å². The monoisotopic (exact) mass is 453 g/mol. The first kappa shape index (κ1) is 20.8. The molecule has 1 heterocycles. The molecule has 7 heteroatoms. The van der Waals surface area contributed by atoms with Gasteiger partial charge in [-0.3, -0.25) is 9.59 Å². The summed E-state index contributed by atoms with van der Waals surface area (Å²) in [7, 11) is 0. The van der Waals surface area contributed by atoms with Gasteiger partial charge in [-0.1, -0.05) is 41.4 Å². The number of halogens is 3. The van der Waals surface area contributed by atoms with Crippen LogP contribution in [-0.2, 0) is 4.79 Å². The molecule has 0 aliphatic carbocycles. The Morgan fingerprint density at radius 2 is 1.71 bits per heavy atom. The molecule has 0 bridgehead atoms. The average molecular weight is 454 g/mol. The van der Waals surface area contributed by atoms with Crippen molar-refractivity contribution in [2.75, 3.05) is 5.32 Å². The number of ketones is 1. The van der Waals surface area contributed by atoms with Crippen molar-refractivity contribution in [1.29, 1.82) is 0 Å². The number of hydrogen-bond donors (Lipinski definition) is 1. The molecule has 4 rings (SSSR count). The minimum Gasteiger partial charge on any atom is -0.450 e. The molecule has 1 aromatic heterocycles. The molecular weight excluding hydrogens is 440 g/mol. The molecule has 0 radical (unpaired) electrons. The lowest BCUT2D eigenvalue weighted by Gasteiger charge is -2.04. The molecule has 0 saturated carbocycles. The van der Waals surface area contributed by atoms with Gasteiger partial charge in [0.25, 0.3) is 0 Å². The number of carbonyl (C=O) groups excluding carboxylic acids is 2. The molecule has 0 atom stereocenters. The molecule has 3 aromatic carbocycles. The van der Waals surface area contributed by atoms with Gasteiger partial charge in [-0.05, 0) is 60.2 Å². The maximum Gasteiger partial charge on any atom is 0.248 e. The number of rotatable bonds is 5. The second kappa shape index (κ2) is 8.76. The fourth-order valence-corrected chi connectivity index (χ4v) is 3.50. The summed E-state index contributed by atoms with van der Waals surface area (Å²) >= 11 is 12.0. The Bertz CT molecular complexity index is 1330. The van der Waals surface area contributed by atoms with Crippen LogP contribution in [0, 0.1) is 5.82 Å². The van der Waals surface area contributed by atoms with Crippen molar-refractivity contribution in [3.63, 3.8) is 0 Å². The van der Waals surface area contributed by atoms with Gasteiger partial charge < -0.3 is 9.73 Å². The van der Waals surface area contributed by atoms with E-state index < -0.39 is 17.5 Å². The molecule has 4 nitrogen and oxygen atoms in total. The summed E-state index contributed by atoms with van der Waals surface area (Å²) < 4.78 is 19.0. The number of amides is 1. The summed E-state index contributed by atoms with van der Waals surface area (Å²) in [5, 5.41) is 4.17. The van der Waals surface area contributed by atoms with E-state index in [1.54, 1.807) is 42.5 Å². The van der Waals surface area contributed by atoms with Crippen molar-refractivity contribution in [3.8, 4) is 0 Å². The van der Waals surface area contributed by atoms with E-state index in [-0.39, 0.29) is 17.0 Å². The van der Waals surface area contributed by atoms with E-state index in [0.29, 0.717) is 26.6 Å². The van der Waals surface area contributed by atoms with Crippen molar-refractivity contribution >= 4 is 57.6 Å². The molecule has 1 amide bonds. The van der Waals surface area contributed by atoms with Gasteiger partial charge in [-0.25, -0.2) is 4.39 Å². The SMILES string of the molecule is O=C(/C=C/c1ccc(Cl)cc1Cl)Nc1c(C(=O)c2ccc(F)cc2)oc2ccccc12. The smallest absolute Gasteiger partial charge is 0.248 e. The summed E-state index contributed by atoms with van der Waals surface area (Å²) in [6.07, 6.45) is 2.83. The predicted molar refractivity (Wildman–Crippen MR) is 120 cm³/mol. The number of anilines is 1. The summed E-state index contributed by atoms with van der Waals surface area (Å²) in [6.45, 7) is 0. The van der Waals surface area contributed by atoms with Gasteiger partial charge in [0.2, 0.25) is 11.7 Å². The first-order valence-electron chi connectivity index (χ1n) is 9.18. The van der Waals surface area contributed by atoms with Crippen LogP contribution in [-0.4, -0.2) is 11.7 Å². The summed E-state index contributed by atoms with van der Waals surface area (Å²) in [5.74, 6) is -1.46. The van der Waals surface area contributed by atoms with E-state index in [1.165, 1.54) is 36.4 Å². The van der Waals surface area contributed by atoms with E-state index in [2.05, 4.69) is 5.32 Å². The van der Waals surface area contributed by atoms with E-state index in [0.717, 1.165) is 0 Å². The highest BCUT2D eigenvalue weighted by Crippen LogP contribution is 2.32. The van der Waals surface area contributed by atoms with Crippen LogP contribution in [0.4, 0.5) is 10.1 Å². The number of carbonyl (C=O) groups is 2. The highest BCUT2D eigenvalue weighted by atomic mass is 35.5. The third kappa shape index (κ3) is 4.53. The third-order valence-corrected chi connectivity index (χ3v) is 5.10. The molecule has 0 aliphatic rings. The molecule has 154 valence electrons. The van der Waals surface area contributed by atoms with Gasteiger partial charge in [-0.15, -0.1) is 0 Å². The largest absolute Gasteiger partial charge is 0.450 e. The number of hydrogen-bond acceptors (Lipinski definition) is 3. The molecule has 1 N–H and O–H groups in total. The third-order valence-electron chi connectivity index (χ3n) is 4.53. The zero-order valence-electron chi connectivity index (χ0n) is 15.9. The normalized spacial score (nSPS) is 11.2. The molecule has 31 heavy (non-hydrogen) atoms. The Hall–Kier alpha value is -3.41. The van der Waals surface area contributed by atoms with Gasteiger partial charge in [0.15, 0.2) is 5.76 Å². The molecule has 0 spiro atoms. The van der Waals surface area contributed by atoms with Gasteiger partial charge >= 0.3 is 0 Å². The second-order valence-corrected chi connectivity index (χ2v) is 7.47. The van der Waals surface area contributed by atoms with E-state index in [4.69, 9.17) is 27.6 Å². The number of fused-ring (bicyclic) bond motifs is 1. The number of nitrogens with one attached hydrogen (secondary N) is 1. The Morgan fingerprint density at radius 3 is 2.45 bits per heavy atom. The van der Waals surface area contributed by atoms with Gasteiger partial charge in [0, 0.05) is 27.1 Å². The van der Waals surface area contributed by atoms with Gasteiger partial charge in [-0.2, -0.15) is 0 Å². The van der Waals surface area contributed by atoms with Crippen LogP contribution in [0.2, 0.25) is 10.0 Å². The standard InChI is InChI=1S/C24H14Cl2FNO3/c25-16-9-5-14(19(26)13-16)8-12-21(29)28-22-18-3-1-2-4-20(18)31-24(22)23(30)15-6-10-17(27)11-7-15/h1-13H,(H,28,29)/b12-8+. The Kier molecular flexibility index (Phi) is 5.89. The zero-order chi connectivity index (χ0) is 22.0. The molecule has 0 unspecified atom stereocenters. The predicted octanol–water partition coefficient (Wildman–Crippen LogP) is 6.76. The average Bonchev–Trinajstić information content (AvgIpc) is 3.11. The molecule has 0 saturated heterocycles. The lowest BCUT2D eigenvalue weighted by molar-refractivity contribution is -0.111. The fraction of sp³-hybridized carbons (Fsp3) is 0. The minimum absolute atomic E-state index is 0.0425. The van der Waals surface area contributed by atoms with Crippen molar-refractivity contribution in [2.45, 2.75) is 0 Å². The maximum absolute atomic E-state index is 13.2. The van der Waals surface area contributed by atoms with Crippen LogP contribution >= 0.6 is 23.2 Å². The zero-order valence-corrected chi connectivity index (χ0v) is 17.4. The summed E-state index contributed by atoms with van der Waals surface area (Å²) in [6, 6.07) is 17.0. The van der Waals surface area contributed by atoms with Crippen molar-refractivity contribution in [1.82, 2.24) is 0 Å². The molecule has 4 aromatic rings. The Balaban J connectivity index is 1.67. The molecule has 0 aliphatic heterocycles. The second-order valence-electron chi connectivity index (χ2n) is 6.63.